The van der Waals surface area contributed by atoms with Crippen LogP contribution >= 0.6 is 11.8 Å². The number of carbonyl (C=O) groups is 1. The number of aromatic amines is 1. The first-order valence-electron chi connectivity index (χ1n) is 6.10. The lowest BCUT2D eigenvalue weighted by molar-refractivity contribution is 0.0696. The van der Waals surface area contributed by atoms with Gasteiger partial charge < -0.3 is 10.1 Å². The SMILES string of the molecule is O=C(O)c1ccnc(Sc2cc(=O)[nH]c(C3CC3)n2)c1. The van der Waals surface area contributed by atoms with E-state index in [2.05, 4.69) is 15.0 Å². The molecule has 0 saturated heterocycles. The van der Waals surface area contributed by atoms with Crippen LogP contribution in [0.2, 0.25) is 0 Å². The minimum Gasteiger partial charge on any atom is -0.478 e. The van der Waals surface area contributed by atoms with E-state index in [1.807, 2.05) is 0 Å². The summed E-state index contributed by atoms with van der Waals surface area (Å²) in [6.07, 6.45) is 3.52. The molecule has 0 unspecified atom stereocenters. The van der Waals surface area contributed by atoms with E-state index in [1.165, 1.54) is 36.2 Å². The van der Waals surface area contributed by atoms with Gasteiger partial charge in [-0.05, 0) is 36.7 Å². The van der Waals surface area contributed by atoms with E-state index in [9.17, 15) is 9.59 Å². The standard InChI is InChI=1S/C13H11N3O3S/c17-9-6-11(16-12(15-9)7-1-2-7)20-10-5-8(13(18)19)3-4-14-10/h3-7H,1-2H2,(H,18,19)(H,15,16,17). The van der Waals surface area contributed by atoms with Crippen LogP contribution in [0.15, 0.2) is 39.2 Å². The van der Waals surface area contributed by atoms with Crippen LogP contribution < -0.4 is 5.56 Å². The van der Waals surface area contributed by atoms with Gasteiger partial charge in [0.2, 0.25) is 0 Å². The number of aromatic nitrogens is 3. The summed E-state index contributed by atoms with van der Waals surface area (Å²) in [5, 5.41) is 9.97. The molecule has 2 N–H and O–H groups in total. The first-order chi connectivity index (χ1) is 9.61. The van der Waals surface area contributed by atoms with E-state index < -0.39 is 5.97 Å². The average Bonchev–Trinajstić information content (AvgIpc) is 3.22. The summed E-state index contributed by atoms with van der Waals surface area (Å²) >= 11 is 1.19. The Bertz CT molecular complexity index is 725. The molecule has 0 aromatic carbocycles. The number of carboxylic acids is 1. The van der Waals surface area contributed by atoms with Crippen molar-refractivity contribution >= 4 is 17.7 Å². The largest absolute Gasteiger partial charge is 0.478 e. The summed E-state index contributed by atoms with van der Waals surface area (Å²) < 4.78 is 0. The molecule has 7 heteroatoms. The van der Waals surface area contributed by atoms with Gasteiger partial charge in [-0.2, -0.15) is 0 Å². The Labute approximate surface area is 118 Å². The van der Waals surface area contributed by atoms with Gasteiger partial charge in [0.15, 0.2) is 0 Å². The van der Waals surface area contributed by atoms with E-state index in [0.717, 1.165) is 12.8 Å². The predicted molar refractivity (Wildman–Crippen MR) is 72.2 cm³/mol. The highest BCUT2D eigenvalue weighted by atomic mass is 32.2. The van der Waals surface area contributed by atoms with Crippen LogP contribution in [0.25, 0.3) is 0 Å². The molecule has 2 aromatic heterocycles. The lowest BCUT2D eigenvalue weighted by Gasteiger charge is -2.03. The molecule has 0 amide bonds. The van der Waals surface area contributed by atoms with Crippen molar-refractivity contribution in [1.82, 2.24) is 15.0 Å². The van der Waals surface area contributed by atoms with Crippen LogP contribution in [0.3, 0.4) is 0 Å². The van der Waals surface area contributed by atoms with Gasteiger partial charge in [-0.1, -0.05) is 0 Å². The van der Waals surface area contributed by atoms with E-state index in [4.69, 9.17) is 5.11 Å². The summed E-state index contributed by atoms with van der Waals surface area (Å²) in [6.45, 7) is 0. The number of pyridine rings is 1. The Balaban J connectivity index is 1.89. The summed E-state index contributed by atoms with van der Waals surface area (Å²) in [7, 11) is 0. The highest BCUT2D eigenvalue weighted by molar-refractivity contribution is 7.99. The smallest absolute Gasteiger partial charge is 0.335 e. The molecule has 2 heterocycles. The van der Waals surface area contributed by atoms with Crippen LogP contribution in [0.1, 0.15) is 34.9 Å². The molecule has 2 aromatic rings. The van der Waals surface area contributed by atoms with Crippen molar-refractivity contribution in [2.45, 2.75) is 28.8 Å². The zero-order valence-corrected chi connectivity index (χ0v) is 11.2. The average molecular weight is 289 g/mol. The summed E-state index contributed by atoms with van der Waals surface area (Å²) in [5.41, 5.74) is -0.0338. The van der Waals surface area contributed by atoms with Crippen molar-refractivity contribution in [2.24, 2.45) is 0 Å². The fourth-order valence-electron chi connectivity index (χ4n) is 1.76. The number of aromatic carboxylic acids is 1. The number of carboxylic acid groups (broad SMARTS) is 1. The molecule has 6 nitrogen and oxygen atoms in total. The molecular weight excluding hydrogens is 278 g/mol. The van der Waals surface area contributed by atoms with Crippen molar-refractivity contribution in [3.63, 3.8) is 0 Å². The zero-order chi connectivity index (χ0) is 14.1. The second kappa shape index (κ2) is 5.09. The Morgan fingerprint density at radius 1 is 1.35 bits per heavy atom. The first-order valence-corrected chi connectivity index (χ1v) is 6.92. The maximum atomic E-state index is 11.6. The molecule has 20 heavy (non-hydrogen) atoms. The van der Waals surface area contributed by atoms with Crippen LogP contribution in [0.5, 0.6) is 0 Å². The molecule has 3 rings (SSSR count). The molecule has 1 aliphatic carbocycles. The molecule has 0 radical (unpaired) electrons. The topological polar surface area (TPSA) is 95.9 Å². The number of nitrogens with zero attached hydrogens (tertiary/aromatic N) is 2. The Kier molecular flexibility index (Phi) is 3.27. The monoisotopic (exact) mass is 289 g/mol. The number of hydrogen-bond donors (Lipinski definition) is 2. The van der Waals surface area contributed by atoms with Crippen LogP contribution in [-0.4, -0.2) is 26.0 Å². The van der Waals surface area contributed by atoms with Crippen LogP contribution in [-0.2, 0) is 0 Å². The molecule has 0 aliphatic heterocycles. The summed E-state index contributed by atoms with van der Waals surface area (Å²) in [5.74, 6) is 0.0442. The summed E-state index contributed by atoms with van der Waals surface area (Å²) in [6, 6.07) is 4.28. The molecule has 0 bridgehead atoms. The Hall–Kier alpha value is -2.15. The lowest BCUT2D eigenvalue weighted by Crippen LogP contribution is -2.10. The molecule has 1 aliphatic rings. The van der Waals surface area contributed by atoms with E-state index in [0.29, 0.717) is 21.8 Å². The van der Waals surface area contributed by atoms with Crippen LogP contribution in [0.4, 0.5) is 0 Å². The van der Waals surface area contributed by atoms with Gasteiger partial charge in [-0.15, -0.1) is 0 Å². The highest BCUT2D eigenvalue weighted by Gasteiger charge is 2.26. The van der Waals surface area contributed by atoms with E-state index in [-0.39, 0.29) is 11.1 Å². The van der Waals surface area contributed by atoms with Gasteiger partial charge >= 0.3 is 5.97 Å². The second-order valence-corrected chi connectivity index (χ2v) is 5.57. The molecule has 102 valence electrons. The van der Waals surface area contributed by atoms with Crippen LogP contribution in [0, 0.1) is 0 Å². The number of hydrogen-bond acceptors (Lipinski definition) is 5. The predicted octanol–water partition coefficient (Wildman–Crippen LogP) is 1.89. The molecule has 1 saturated carbocycles. The molecule has 0 atom stereocenters. The van der Waals surface area contributed by atoms with Gasteiger partial charge in [-0.25, -0.2) is 14.8 Å². The van der Waals surface area contributed by atoms with Crippen molar-refractivity contribution < 1.29 is 9.90 Å². The fraction of sp³-hybridized carbons (Fsp3) is 0.231. The van der Waals surface area contributed by atoms with Gasteiger partial charge in [-0.3, -0.25) is 4.79 Å². The fourth-order valence-corrected chi connectivity index (χ4v) is 2.58. The Morgan fingerprint density at radius 3 is 2.85 bits per heavy atom. The normalized spacial score (nSPS) is 14.2. The number of H-pyrrole nitrogens is 1. The molecule has 1 fully saturated rings. The van der Waals surface area contributed by atoms with Crippen molar-refractivity contribution in [3.8, 4) is 0 Å². The first kappa shape index (κ1) is 12.9. The maximum absolute atomic E-state index is 11.6. The quantitative estimate of drug-likeness (QED) is 0.834. The Morgan fingerprint density at radius 2 is 2.15 bits per heavy atom. The highest BCUT2D eigenvalue weighted by Crippen LogP contribution is 2.38. The third-order valence-electron chi connectivity index (χ3n) is 2.89. The third kappa shape index (κ3) is 2.88. The van der Waals surface area contributed by atoms with E-state index in [1.54, 1.807) is 0 Å². The number of rotatable bonds is 4. The number of nitrogens with one attached hydrogen (secondary N) is 1. The van der Waals surface area contributed by atoms with Crippen molar-refractivity contribution in [2.75, 3.05) is 0 Å². The van der Waals surface area contributed by atoms with Crippen molar-refractivity contribution in [1.29, 1.82) is 0 Å². The second-order valence-electron chi connectivity index (χ2n) is 4.53. The zero-order valence-electron chi connectivity index (χ0n) is 10.4. The van der Waals surface area contributed by atoms with Gasteiger partial charge in [0.25, 0.3) is 5.56 Å². The minimum atomic E-state index is -1.01. The van der Waals surface area contributed by atoms with Gasteiger partial charge in [0, 0.05) is 18.2 Å². The minimum absolute atomic E-state index is 0.162. The van der Waals surface area contributed by atoms with Gasteiger partial charge in [0.05, 0.1) is 5.56 Å². The third-order valence-corrected chi connectivity index (χ3v) is 3.74. The maximum Gasteiger partial charge on any atom is 0.335 e. The molecular formula is C13H11N3O3S. The van der Waals surface area contributed by atoms with Gasteiger partial charge in [0.1, 0.15) is 15.9 Å². The summed E-state index contributed by atoms with van der Waals surface area (Å²) in [4.78, 5) is 33.7. The lowest BCUT2D eigenvalue weighted by atomic mass is 10.3. The van der Waals surface area contributed by atoms with E-state index >= 15 is 0 Å². The van der Waals surface area contributed by atoms with Crippen molar-refractivity contribution in [3.05, 3.63) is 46.1 Å². The molecule has 0 spiro atoms.